The van der Waals surface area contributed by atoms with E-state index in [4.69, 9.17) is 10.3 Å². The zero-order valence-corrected chi connectivity index (χ0v) is 10.3. The molecule has 0 radical (unpaired) electrons. The zero-order chi connectivity index (χ0) is 13.1. The van der Waals surface area contributed by atoms with Crippen LogP contribution in [0.15, 0.2) is 24.0 Å². The predicted molar refractivity (Wildman–Crippen MR) is 60.6 cm³/mol. The molecular weight excluding hydrogens is 268 g/mol. The molecular formula is C8H8N2O5S2. The molecule has 0 heterocycles. The van der Waals surface area contributed by atoms with E-state index in [-0.39, 0.29) is 10.6 Å². The van der Waals surface area contributed by atoms with Crippen LogP contribution < -0.4 is 0 Å². The fraction of sp³-hybridized carbons (Fsp3) is 0.250. The van der Waals surface area contributed by atoms with Gasteiger partial charge in [-0.15, -0.1) is 0 Å². The topological polar surface area (TPSA) is 114 Å². The van der Waals surface area contributed by atoms with Crippen LogP contribution in [-0.2, 0) is 24.9 Å². The van der Waals surface area contributed by atoms with Gasteiger partial charge in [-0.05, 0) is 6.08 Å². The van der Waals surface area contributed by atoms with E-state index in [1.165, 1.54) is 13.2 Å². The maximum atomic E-state index is 11.6. The number of allylic oxidation sites excluding steroid dienone is 2. The van der Waals surface area contributed by atoms with Crippen LogP contribution >= 0.6 is 0 Å². The van der Waals surface area contributed by atoms with Crippen molar-refractivity contribution in [1.29, 1.82) is 0 Å². The summed E-state index contributed by atoms with van der Waals surface area (Å²) in [5.74, 6) is 0.219. The van der Waals surface area contributed by atoms with Gasteiger partial charge in [-0.2, -0.15) is 13.2 Å². The van der Waals surface area contributed by atoms with Crippen molar-refractivity contribution >= 4 is 30.5 Å². The number of hydrogen-bond donors (Lipinski definition) is 0. The van der Waals surface area contributed by atoms with Gasteiger partial charge in [0.05, 0.1) is 12.0 Å². The first kappa shape index (κ1) is 13.4. The van der Waals surface area contributed by atoms with Crippen molar-refractivity contribution in [2.24, 2.45) is 0 Å². The minimum atomic E-state index is -4.02. The van der Waals surface area contributed by atoms with E-state index < -0.39 is 25.4 Å². The van der Waals surface area contributed by atoms with E-state index >= 15 is 0 Å². The Kier molecular flexibility index (Phi) is 4.00. The first-order valence-electron chi connectivity index (χ1n) is 4.23. The number of ether oxygens (including phenoxy) is 1. The molecule has 7 nitrogen and oxygen atoms in total. The van der Waals surface area contributed by atoms with Gasteiger partial charge < -0.3 is 10.3 Å². The average molecular weight is 276 g/mol. The molecule has 0 aromatic rings. The number of sulfone groups is 1. The highest BCUT2D eigenvalue weighted by Gasteiger charge is 2.32. The van der Waals surface area contributed by atoms with E-state index in [2.05, 4.69) is 4.79 Å². The zero-order valence-electron chi connectivity index (χ0n) is 8.64. The molecule has 0 N–H and O–H groups in total. The molecule has 0 bridgehead atoms. The number of rotatable bonds is 3. The van der Waals surface area contributed by atoms with Crippen molar-refractivity contribution in [2.45, 2.75) is 5.25 Å². The summed E-state index contributed by atoms with van der Waals surface area (Å²) in [5.41, 5.74) is 8.51. The maximum absolute atomic E-state index is 11.6. The number of nitrogens with zero attached hydrogens (tertiary/aromatic N) is 2. The third kappa shape index (κ3) is 2.90. The molecule has 1 aliphatic rings. The van der Waals surface area contributed by atoms with Crippen LogP contribution in [-0.4, -0.2) is 44.4 Å². The summed E-state index contributed by atoms with van der Waals surface area (Å²) in [7, 11) is -5.41. The van der Waals surface area contributed by atoms with Crippen LogP contribution in [0.1, 0.15) is 0 Å². The Morgan fingerprint density at radius 3 is 2.65 bits per heavy atom. The third-order valence-corrected chi connectivity index (χ3v) is 4.39. The molecule has 92 valence electrons. The molecule has 0 fully saturated rings. The van der Waals surface area contributed by atoms with Crippen molar-refractivity contribution in [1.82, 2.24) is 0 Å². The predicted octanol–water partition coefficient (Wildman–Crippen LogP) is -0.820. The molecule has 0 saturated carbocycles. The molecule has 0 aromatic heterocycles. The third-order valence-electron chi connectivity index (χ3n) is 1.98. The Bertz CT molecular complexity index is 655. The van der Waals surface area contributed by atoms with Crippen molar-refractivity contribution in [2.75, 3.05) is 7.11 Å². The fourth-order valence-electron chi connectivity index (χ4n) is 1.22. The van der Waals surface area contributed by atoms with Crippen LogP contribution in [0.4, 0.5) is 0 Å². The van der Waals surface area contributed by atoms with Gasteiger partial charge in [0, 0.05) is 6.08 Å². The Labute approximate surface area is 99.1 Å². The molecule has 0 aromatic carbocycles. The summed E-state index contributed by atoms with van der Waals surface area (Å²) in [6, 6.07) is 0. The molecule has 17 heavy (non-hydrogen) atoms. The summed E-state index contributed by atoms with van der Waals surface area (Å²) < 4.78 is 49.8. The normalized spacial score (nSPS) is 19.2. The van der Waals surface area contributed by atoms with Crippen LogP contribution in [0.2, 0.25) is 0 Å². The smallest absolute Gasteiger partial charge is 0.371 e. The van der Waals surface area contributed by atoms with Crippen LogP contribution in [0, 0.1) is 0 Å². The van der Waals surface area contributed by atoms with E-state index in [0.717, 1.165) is 12.2 Å². The standard InChI is InChI=1S/C8H8N2O5S2/c1-15-6-2-3-8(7(4-6)16(11)12)17(13,14)5-10-9/h2-5,8H,1H3. The second-order valence-corrected chi connectivity index (χ2v) is 5.82. The summed E-state index contributed by atoms with van der Waals surface area (Å²) in [4.78, 5) is 2.03. The molecule has 1 atom stereocenters. The second-order valence-electron chi connectivity index (χ2n) is 2.98. The highest BCUT2D eigenvalue weighted by atomic mass is 32.2. The van der Waals surface area contributed by atoms with Gasteiger partial charge in [0.15, 0.2) is 0 Å². The molecule has 1 rings (SSSR count). The van der Waals surface area contributed by atoms with Crippen LogP contribution in [0.3, 0.4) is 0 Å². The maximum Gasteiger partial charge on any atom is 0.371 e. The summed E-state index contributed by atoms with van der Waals surface area (Å²) in [6.45, 7) is 0. The van der Waals surface area contributed by atoms with Gasteiger partial charge in [-0.1, -0.05) is 6.08 Å². The highest BCUT2D eigenvalue weighted by molar-refractivity contribution is 8.06. The van der Waals surface area contributed by atoms with Gasteiger partial charge in [0.1, 0.15) is 11.0 Å². The van der Waals surface area contributed by atoms with E-state index in [9.17, 15) is 16.8 Å². The summed E-state index contributed by atoms with van der Waals surface area (Å²) >= 11 is 0. The molecule has 9 heteroatoms. The lowest BCUT2D eigenvalue weighted by atomic mass is 10.1. The van der Waals surface area contributed by atoms with E-state index in [0.29, 0.717) is 5.55 Å². The first-order valence-corrected chi connectivity index (χ1v) is 6.92. The van der Waals surface area contributed by atoms with Crippen LogP contribution in [0.25, 0.3) is 5.53 Å². The van der Waals surface area contributed by atoms with E-state index in [1.807, 2.05) is 0 Å². The Morgan fingerprint density at radius 1 is 1.53 bits per heavy atom. The van der Waals surface area contributed by atoms with Crippen molar-refractivity contribution in [3.05, 3.63) is 29.5 Å². The van der Waals surface area contributed by atoms with Gasteiger partial charge in [0.2, 0.25) is 10.3 Å². The number of hydrogen-bond acceptors (Lipinski definition) is 5. The molecule has 0 saturated heterocycles. The Morgan fingerprint density at radius 2 is 2.18 bits per heavy atom. The lowest BCUT2D eigenvalue weighted by Gasteiger charge is -2.12. The Hall–Kier alpha value is -1.70. The van der Waals surface area contributed by atoms with Gasteiger partial charge in [-0.25, -0.2) is 8.42 Å². The van der Waals surface area contributed by atoms with Crippen molar-refractivity contribution in [3.63, 3.8) is 0 Å². The summed E-state index contributed by atoms with van der Waals surface area (Å²) in [5, 5.41) is -1.41. The molecule has 1 aliphatic carbocycles. The highest BCUT2D eigenvalue weighted by Crippen LogP contribution is 2.14. The minimum Gasteiger partial charge on any atom is -0.497 e. The van der Waals surface area contributed by atoms with Gasteiger partial charge in [0.25, 0.3) is 9.84 Å². The van der Waals surface area contributed by atoms with Crippen molar-refractivity contribution < 1.29 is 26.4 Å². The molecule has 0 spiro atoms. The SMILES string of the molecule is COC1=CC(=S(=O)=O)C(S(=O)(=O)C=[N+]=[N-])C=C1. The van der Waals surface area contributed by atoms with Gasteiger partial charge in [-0.3, -0.25) is 0 Å². The monoisotopic (exact) mass is 276 g/mol. The molecule has 0 amide bonds. The minimum absolute atomic E-state index is 0.219. The fourth-order valence-corrected chi connectivity index (χ4v) is 3.29. The van der Waals surface area contributed by atoms with Crippen LogP contribution in [0.5, 0.6) is 0 Å². The quantitative estimate of drug-likeness (QED) is 0.220. The van der Waals surface area contributed by atoms with Gasteiger partial charge >= 0.3 is 5.55 Å². The van der Waals surface area contributed by atoms with Crippen molar-refractivity contribution in [3.8, 4) is 0 Å². The second kappa shape index (κ2) is 5.09. The molecule has 1 unspecified atom stereocenters. The lowest BCUT2D eigenvalue weighted by molar-refractivity contribution is 0.00753. The Balaban J connectivity index is 3.42. The largest absolute Gasteiger partial charge is 0.497 e. The molecule has 0 aliphatic heterocycles. The van der Waals surface area contributed by atoms with E-state index in [1.54, 1.807) is 0 Å². The first-order chi connectivity index (χ1) is 7.92. The lowest BCUT2D eigenvalue weighted by Crippen LogP contribution is -2.31. The summed E-state index contributed by atoms with van der Waals surface area (Å²) in [6.07, 6.45) is 3.56. The number of methoxy groups -OCH3 is 1. The average Bonchev–Trinajstić information content (AvgIpc) is 2.28.